The third-order valence-corrected chi connectivity index (χ3v) is 3.41. The number of alkyl halides is 1. The van der Waals surface area contributed by atoms with E-state index in [0.717, 1.165) is 0 Å². The second-order valence-corrected chi connectivity index (χ2v) is 4.80. The molecule has 0 amide bonds. The van der Waals surface area contributed by atoms with Crippen molar-refractivity contribution in [2.45, 2.75) is 24.9 Å². The van der Waals surface area contributed by atoms with E-state index in [-0.39, 0.29) is 24.5 Å². The minimum Gasteiger partial charge on any atom is -0.447 e. The van der Waals surface area contributed by atoms with Gasteiger partial charge in [0, 0.05) is 6.42 Å². The van der Waals surface area contributed by atoms with Gasteiger partial charge in [-0.25, -0.2) is 4.98 Å². The molecule has 1 aliphatic rings. The van der Waals surface area contributed by atoms with Crippen LogP contribution in [0.4, 0.5) is 5.82 Å². The molecular weight excluding hydrogens is 302 g/mol. The van der Waals surface area contributed by atoms with E-state index in [1.165, 1.54) is 6.33 Å². The highest BCUT2D eigenvalue weighted by Gasteiger charge is 2.35. The molecule has 9 nitrogen and oxygen atoms in total. The van der Waals surface area contributed by atoms with Crippen molar-refractivity contribution in [3.05, 3.63) is 6.33 Å². The summed E-state index contributed by atoms with van der Waals surface area (Å²) in [5.41, 5.74) is 6.62. The number of halogens is 1. The van der Waals surface area contributed by atoms with Gasteiger partial charge in [-0.05, 0) is 0 Å². The zero-order valence-electron chi connectivity index (χ0n) is 10.9. The summed E-state index contributed by atoms with van der Waals surface area (Å²) in [6.07, 6.45) is -0.0791. The molecule has 10 heteroatoms. The fourth-order valence-corrected chi connectivity index (χ4v) is 2.39. The number of aliphatic hydroxyl groups is 2. The zero-order chi connectivity index (χ0) is 15.0. The Kier molecular flexibility index (Phi) is 3.81. The van der Waals surface area contributed by atoms with Gasteiger partial charge in [-0.2, -0.15) is 9.97 Å². The number of rotatable bonds is 4. The van der Waals surface area contributed by atoms with Crippen LogP contribution in [0, 0.1) is 0 Å². The van der Waals surface area contributed by atoms with E-state index in [1.54, 1.807) is 4.57 Å². The van der Waals surface area contributed by atoms with Crippen molar-refractivity contribution in [3.8, 4) is 6.01 Å². The summed E-state index contributed by atoms with van der Waals surface area (Å²) < 4.78 is 12.2. The van der Waals surface area contributed by atoms with E-state index in [9.17, 15) is 5.11 Å². The Morgan fingerprint density at radius 1 is 1.52 bits per heavy atom. The summed E-state index contributed by atoms with van der Waals surface area (Å²) >= 11 is 5.49. The molecule has 0 saturated carbocycles. The summed E-state index contributed by atoms with van der Waals surface area (Å²) in [6.45, 7) is -0.262. The van der Waals surface area contributed by atoms with E-state index < -0.39 is 18.4 Å². The van der Waals surface area contributed by atoms with Crippen LogP contribution in [0.1, 0.15) is 12.6 Å². The molecule has 3 atom stereocenters. The van der Waals surface area contributed by atoms with Crippen molar-refractivity contribution in [1.29, 1.82) is 0 Å². The summed E-state index contributed by atoms with van der Waals surface area (Å²) in [7, 11) is 0. The van der Waals surface area contributed by atoms with Crippen molar-refractivity contribution in [2.75, 3.05) is 18.4 Å². The third-order valence-electron chi connectivity index (χ3n) is 3.31. The molecule has 0 unspecified atom stereocenters. The van der Waals surface area contributed by atoms with Gasteiger partial charge in [0.15, 0.2) is 23.0 Å². The van der Waals surface area contributed by atoms with Gasteiger partial charge in [0.25, 0.3) is 0 Å². The SMILES string of the molecule is Nc1nc(OCCl)nc2c1ncn2[C@H]1C[C@H](O)[C@@H](CO)O1. The summed E-state index contributed by atoms with van der Waals surface area (Å²) in [4.78, 5) is 12.3. The molecule has 114 valence electrons. The lowest BCUT2D eigenvalue weighted by atomic mass is 10.2. The highest BCUT2D eigenvalue weighted by molar-refractivity contribution is 6.17. The van der Waals surface area contributed by atoms with Gasteiger partial charge in [-0.15, -0.1) is 0 Å². The quantitative estimate of drug-likeness (QED) is 0.651. The molecule has 2 aromatic heterocycles. The van der Waals surface area contributed by atoms with Crippen LogP contribution in [0.15, 0.2) is 6.33 Å². The molecule has 0 radical (unpaired) electrons. The predicted octanol–water partition coefficient (Wildman–Crippen LogP) is -0.376. The van der Waals surface area contributed by atoms with E-state index in [1.807, 2.05) is 0 Å². The fraction of sp³-hybridized carbons (Fsp3) is 0.545. The number of hydrogen-bond acceptors (Lipinski definition) is 8. The Labute approximate surface area is 124 Å². The van der Waals surface area contributed by atoms with Crippen molar-refractivity contribution >= 4 is 28.6 Å². The maximum Gasteiger partial charge on any atom is 0.321 e. The highest BCUT2D eigenvalue weighted by Crippen LogP contribution is 2.31. The summed E-state index contributed by atoms with van der Waals surface area (Å²) in [6, 6.07) is -0.0707. The molecule has 3 rings (SSSR count). The number of ether oxygens (including phenoxy) is 2. The third kappa shape index (κ3) is 2.48. The Hall–Kier alpha value is -1.68. The number of aromatic nitrogens is 4. The van der Waals surface area contributed by atoms with Crippen LogP contribution < -0.4 is 10.5 Å². The predicted molar refractivity (Wildman–Crippen MR) is 72.7 cm³/mol. The lowest BCUT2D eigenvalue weighted by molar-refractivity contribution is -0.0432. The Bertz CT molecular complexity index is 651. The van der Waals surface area contributed by atoms with E-state index in [2.05, 4.69) is 15.0 Å². The fourth-order valence-electron chi connectivity index (χ4n) is 2.29. The van der Waals surface area contributed by atoms with Crippen LogP contribution in [-0.2, 0) is 4.74 Å². The van der Waals surface area contributed by atoms with Gasteiger partial charge in [0.1, 0.15) is 12.3 Å². The molecule has 3 heterocycles. The van der Waals surface area contributed by atoms with E-state index >= 15 is 0 Å². The minimum absolute atomic E-state index is 0.0361. The number of nitrogens with two attached hydrogens (primary N) is 1. The molecule has 1 aliphatic heterocycles. The Balaban J connectivity index is 1.99. The average molecular weight is 316 g/mol. The van der Waals surface area contributed by atoms with Crippen LogP contribution in [0.2, 0.25) is 0 Å². The number of hydrogen-bond donors (Lipinski definition) is 3. The lowest BCUT2D eigenvalue weighted by Crippen LogP contribution is -2.24. The highest BCUT2D eigenvalue weighted by atomic mass is 35.5. The molecule has 1 fully saturated rings. The number of nitrogen functional groups attached to an aromatic ring is 1. The first kappa shape index (κ1) is 14.3. The number of nitrogens with zero attached hydrogens (tertiary/aromatic N) is 4. The van der Waals surface area contributed by atoms with Gasteiger partial charge in [-0.1, -0.05) is 11.6 Å². The molecule has 0 aliphatic carbocycles. The molecule has 1 saturated heterocycles. The standard InChI is InChI=1S/C11H14ClN5O4/c12-3-20-11-15-9(13)8-10(16-11)17(4-14-8)7-1-5(19)6(2-18)21-7/h4-7,18-19H,1-3H2,(H2,13,15,16)/t5-,6+,7+/m0/s1. The van der Waals surface area contributed by atoms with Gasteiger partial charge in [0.2, 0.25) is 0 Å². The number of fused-ring (bicyclic) bond motifs is 1. The van der Waals surface area contributed by atoms with Gasteiger partial charge >= 0.3 is 6.01 Å². The van der Waals surface area contributed by atoms with Crippen LogP contribution in [0.5, 0.6) is 6.01 Å². The van der Waals surface area contributed by atoms with Crippen LogP contribution in [0.3, 0.4) is 0 Å². The lowest BCUT2D eigenvalue weighted by Gasteiger charge is -2.13. The van der Waals surface area contributed by atoms with Gasteiger partial charge in [-0.3, -0.25) is 4.57 Å². The Morgan fingerprint density at radius 3 is 3.00 bits per heavy atom. The van der Waals surface area contributed by atoms with Crippen LogP contribution in [0.25, 0.3) is 11.2 Å². The monoisotopic (exact) mass is 315 g/mol. The summed E-state index contributed by atoms with van der Waals surface area (Å²) in [5, 5.41) is 18.9. The topological polar surface area (TPSA) is 129 Å². The van der Waals surface area contributed by atoms with Gasteiger partial charge < -0.3 is 25.4 Å². The first-order valence-electron chi connectivity index (χ1n) is 6.27. The Morgan fingerprint density at radius 2 is 2.33 bits per heavy atom. The van der Waals surface area contributed by atoms with Crippen molar-refractivity contribution in [1.82, 2.24) is 19.5 Å². The van der Waals surface area contributed by atoms with E-state index in [4.69, 9.17) is 31.9 Å². The number of imidazole rings is 1. The number of aliphatic hydroxyl groups excluding tert-OH is 2. The first-order chi connectivity index (χ1) is 10.1. The zero-order valence-corrected chi connectivity index (χ0v) is 11.6. The average Bonchev–Trinajstić information content (AvgIpc) is 3.02. The van der Waals surface area contributed by atoms with Crippen molar-refractivity contribution < 1.29 is 19.7 Å². The first-order valence-corrected chi connectivity index (χ1v) is 6.80. The van der Waals surface area contributed by atoms with Crippen LogP contribution >= 0.6 is 11.6 Å². The molecule has 2 aromatic rings. The second kappa shape index (κ2) is 5.60. The number of anilines is 1. The molecule has 21 heavy (non-hydrogen) atoms. The van der Waals surface area contributed by atoms with Gasteiger partial charge in [0.05, 0.1) is 19.0 Å². The largest absolute Gasteiger partial charge is 0.447 e. The smallest absolute Gasteiger partial charge is 0.321 e. The van der Waals surface area contributed by atoms with Crippen LogP contribution in [-0.4, -0.2) is 54.6 Å². The molecule has 0 aromatic carbocycles. The van der Waals surface area contributed by atoms with Crippen molar-refractivity contribution in [2.24, 2.45) is 0 Å². The maximum absolute atomic E-state index is 9.81. The molecule has 0 bridgehead atoms. The molecular formula is C11H14ClN5O4. The van der Waals surface area contributed by atoms with E-state index in [0.29, 0.717) is 17.6 Å². The molecule has 0 spiro atoms. The summed E-state index contributed by atoms with van der Waals surface area (Å²) in [5.74, 6) is 0.163. The minimum atomic E-state index is -0.754. The van der Waals surface area contributed by atoms with Crippen molar-refractivity contribution in [3.63, 3.8) is 0 Å². The maximum atomic E-state index is 9.81. The normalized spacial score (nSPS) is 25.6. The second-order valence-electron chi connectivity index (χ2n) is 4.58. The molecule has 4 N–H and O–H groups in total.